The molecule has 94 valence electrons. The fourth-order valence-electron chi connectivity index (χ4n) is 2.97. The summed E-state index contributed by atoms with van der Waals surface area (Å²) >= 11 is 0. The van der Waals surface area contributed by atoms with Gasteiger partial charge in [-0.3, -0.25) is 0 Å². The molecule has 0 aliphatic carbocycles. The molecule has 0 bridgehead atoms. The summed E-state index contributed by atoms with van der Waals surface area (Å²) < 4.78 is 0. The molecule has 1 aliphatic rings. The van der Waals surface area contributed by atoms with Crippen molar-refractivity contribution in [3.05, 3.63) is 29.3 Å². The Balaban J connectivity index is 2.24. The Kier molecular flexibility index (Phi) is 3.72. The van der Waals surface area contributed by atoms with Gasteiger partial charge < -0.3 is 10.6 Å². The van der Waals surface area contributed by atoms with Gasteiger partial charge in [0.2, 0.25) is 0 Å². The van der Waals surface area contributed by atoms with Crippen LogP contribution < -0.4 is 10.6 Å². The second kappa shape index (κ2) is 5.09. The van der Waals surface area contributed by atoms with Crippen molar-refractivity contribution in [2.45, 2.75) is 52.1 Å². The van der Waals surface area contributed by atoms with Crippen LogP contribution in [0.15, 0.2) is 18.2 Å². The van der Waals surface area contributed by atoms with Gasteiger partial charge in [0.15, 0.2) is 0 Å². The molecule has 2 nitrogen and oxygen atoms in total. The lowest BCUT2D eigenvalue weighted by atomic mass is 10.0. The highest BCUT2D eigenvalue weighted by Gasteiger charge is 2.30. The first-order valence-electron chi connectivity index (χ1n) is 6.71. The van der Waals surface area contributed by atoms with E-state index >= 15 is 0 Å². The molecule has 1 aromatic carbocycles. The predicted octanol–water partition coefficient (Wildman–Crippen LogP) is 2.87. The molecular weight excluding hydrogens is 208 g/mol. The Morgan fingerprint density at radius 1 is 1.41 bits per heavy atom. The van der Waals surface area contributed by atoms with Crippen LogP contribution in [0, 0.1) is 6.92 Å². The smallest absolute Gasteiger partial charge is 0.0404 e. The second-order valence-corrected chi connectivity index (χ2v) is 5.42. The summed E-state index contributed by atoms with van der Waals surface area (Å²) in [6, 6.07) is 8.07. The van der Waals surface area contributed by atoms with Crippen LogP contribution in [0.2, 0.25) is 0 Å². The number of nitrogens with zero attached hydrogens (tertiary/aromatic N) is 1. The highest BCUT2D eigenvalue weighted by molar-refractivity contribution is 5.61. The van der Waals surface area contributed by atoms with E-state index in [1.807, 2.05) is 0 Å². The third-order valence-electron chi connectivity index (χ3n) is 3.66. The van der Waals surface area contributed by atoms with E-state index in [0.29, 0.717) is 12.1 Å². The van der Waals surface area contributed by atoms with Crippen molar-refractivity contribution in [1.82, 2.24) is 0 Å². The summed E-state index contributed by atoms with van der Waals surface area (Å²) in [7, 11) is 0. The quantitative estimate of drug-likeness (QED) is 0.865. The van der Waals surface area contributed by atoms with Gasteiger partial charge in [-0.2, -0.15) is 0 Å². The highest BCUT2D eigenvalue weighted by atomic mass is 15.2. The average molecular weight is 232 g/mol. The lowest BCUT2D eigenvalue weighted by Gasteiger charge is -2.31. The van der Waals surface area contributed by atoms with Gasteiger partial charge in [0, 0.05) is 17.8 Å². The molecule has 0 aromatic heterocycles. The third-order valence-corrected chi connectivity index (χ3v) is 3.66. The predicted molar refractivity (Wildman–Crippen MR) is 74.6 cm³/mol. The summed E-state index contributed by atoms with van der Waals surface area (Å²) in [6.07, 6.45) is 3.53. The fraction of sp³-hybridized carbons (Fsp3) is 0.600. The van der Waals surface area contributed by atoms with Gasteiger partial charge >= 0.3 is 0 Å². The van der Waals surface area contributed by atoms with Gasteiger partial charge in [0.25, 0.3) is 0 Å². The van der Waals surface area contributed by atoms with Crippen molar-refractivity contribution in [3.63, 3.8) is 0 Å². The van der Waals surface area contributed by atoms with Gasteiger partial charge in [-0.25, -0.2) is 0 Å². The van der Waals surface area contributed by atoms with Crippen molar-refractivity contribution in [1.29, 1.82) is 0 Å². The number of hydrogen-bond acceptors (Lipinski definition) is 2. The normalized spacial score (nSPS) is 18.9. The summed E-state index contributed by atoms with van der Waals surface area (Å²) in [4.78, 5) is 2.57. The SMILES string of the molecule is Cc1ccc2c(c1)CC(CCCN)N2C(C)C. The summed E-state index contributed by atoms with van der Waals surface area (Å²) in [5.74, 6) is 0. The van der Waals surface area contributed by atoms with Crippen molar-refractivity contribution < 1.29 is 0 Å². The monoisotopic (exact) mass is 232 g/mol. The van der Waals surface area contributed by atoms with Crippen LogP contribution in [0.1, 0.15) is 37.8 Å². The van der Waals surface area contributed by atoms with Gasteiger partial charge in [-0.05, 0) is 58.2 Å². The van der Waals surface area contributed by atoms with E-state index in [9.17, 15) is 0 Å². The minimum absolute atomic E-state index is 0.571. The maximum Gasteiger partial charge on any atom is 0.0404 e. The van der Waals surface area contributed by atoms with E-state index in [-0.39, 0.29) is 0 Å². The fourth-order valence-corrected chi connectivity index (χ4v) is 2.97. The maximum absolute atomic E-state index is 5.64. The maximum atomic E-state index is 5.64. The molecule has 1 heterocycles. The lowest BCUT2D eigenvalue weighted by molar-refractivity contribution is 0.522. The molecule has 2 N–H and O–H groups in total. The van der Waals surface area contributed by atoms with Crippen molar-refractivity contribution in [2.24, 2.45) is 5.73 Å². The topological polar surface area (TPSA) is 29.3 Å². The molecule has 2 heteroatoms. The van der Waals surface area contributed by atoms with Crippen molar-refractivity contribution >= 4 is 5.69 Å². The molecule has 0 spiro atoms. The minimum atomic E-state index is 0.571. The molecule has 0 amide bonds. The Hall–Kier alpha value is -1.02. The molecule has 0 saturated heterocycles. The number of anilines is 1. The first kappa shape index (κ1) is 12.4. The molecule has 2 rings (SSSR count). The molecule has 1 aliphatic heterocycles. The van der Waals surface area contributed by atoms with Gasteiger partial charge in [0.1, 0.15) is 0 Å². The Morgan fingerprint density at radius 3 is 2.82 bits per heavy atom. The molecular formula is C15H24N2. The summed E-state index contributed by atoms with van der Waals surface area (Å²) in [5, 5.41) is 0. The van der Waals surface area contributed by atoms with E-state index in [1.165, 1.54) is 29.7 Å². The van der Waals surface area contributed by atoms with Crippen molar-refractivity contribution in [2.75, 3.05) is 11.4 Å². The van der Waals surface area contributed by atoms with Crippen molar-refractivity contribution in [3.8, 4) is 0 Å². The lowest BCUT2D eigenvalue weighted by Crippen LogP contribution is -2.38. The van der Waals surface area contributed by atoms with Crippen LogP contribution in [0.5, 0.6) is 0 Å². The second-order valence-electron chi connectivity index (χ2n) is 5.42. The highest BCUT2D eigenvalue weighted by Crippen LogP contribution is 2.36. The van der Waals surface area contributed by atoms with Gasteiger partial charge in [0.05, 0.1) is 0 Å². The number of nitrogens with two attached hydrogens (primary N) is 1. The van der Waals surface area contributed by atoms with E-state index in [4.69, 9.17) is 5.73 Å². The summed E-state index contributed by atoms with van der Waals surface area (Å²) in [5.41, 5.74) is 9.96. The zero-order valence-electron chi connectivity index (χ0n) is 11.2. The Morgan fingerprint density at radius 2 is 2.18 bits per heavy atom. The summed E-state index contributed by atoms with van der Waals surface area (Å²) in [6.45, 7) is 7.54. The molecule has 17 heavy (non-hydrogen) atoms. The van der Waals surface area contributed by atoms with E-state index in [2.05, 4.69) is 43.9 Å². The zero-order chi connectivity index (χ0) is 12.4. The number of hydrogen-bond donors (Lipinski definition) is 1. The molecule has 0 fully saturated rings. The molecule has 1 aromatic rings. The number of benzene rings is 1. The number of aryl methyl sites for hydroxylation is 1. The van der Waals surface area contributed by atoms with Crippen LogP contribution >= 0.6 is 0 Å². The number of fused-ring (bicyclic) bond motifs is 1. The van der Waals surface area contributed by atoms with Crippen LogP contribution in [0.25, 0.3) is 0 Å². The van der Waals surface area contributed by atoms with E-state index < -0.39 is 0 Å². The minimum Gasteiger partial charge on any atom is -0.366 e. The first-order valence-corrected chi connectivity index (χ1v) is 6.71. The Labute approximate surface area is 105 Å². The van der Waals surface area contributed by atoms with Gasteiger partial charge in [-0.1, -0.05) is 17.7 Å². The molecule has 1 atom stereocenters. The van der Waals surface area contributed by atoms with Crippen LogP contribution in [0.4, 0.5) is 5.69 Å². The Bertz CT molecular complexity index is 385. The van der Waals surface area contributed by atoms with E-state index in [1.54, 1.807) is 0 Å². The van der Waals surface area contributed by atoms with E-state index in [0.717, 1.165) is 13.0 Å². The standard InChI is InChI=1S/C15H24N2/c1-11(2)17-14(5-4-8-16)10-13-9-12(3)6-7-15(13)17/h6-7,9,11,14H,4-5,8,10,16H2,1-3H3. The average Bonchev–Trinajstić information content (AvgIpc) is 2.63. The van der Waals surface area contributed by atoms with Crippen LogP contribution in [0.3, 0.4) is 0 Å². The third kappa shape index (κ3) is 2.47. The molecule has 0 radical (unpaired) electrons. The van der Waals surface area contributed by atoms with Crippen LogP contribution in [-0.2, 0) is 6.42 Å². The number of rotatable bonds is 4. The molecule has 0 saturated carbocycles. The largest absolute Gasteiger partial charge is 0.366 e. The zero-order valence-corrected chi connectivity index (χ0v) is 11.2. The van der Waals surface area contributed by atoms with Crippen LogP contribution in [-0.4, -0.2) is 18.6 Å². The molecule has 1 unspecified atom stereocenters. The van der Waals surface area contributed by atoms with Gasteiger partial charge in [-0.15, -0.1) is 0 Å². The first-order chi connectivity index (χ1) is 8.13.